The van der Waals surface area contributed by atoms with Gasteiger partial charge in [-0.05, 0) is 18.3 Å². The summed E-state index contributed by atoms with van der Waals surface area (Å²) in [5.74, 6) is 3.12. The number of rotatable bonds is 4. The van der Waals surface area contributed by atoms with Gasteiger partial charge in [0.15, 0.2) is 11.6 Å². The van der Waals surface area contributed by atoms with Gasteiger partial charge in [0.1, 0.15) is 6.33 Å². The largest absolute Gasteiger partial charge is 0.490 e. The summed E-state index contributed by atoms with van der Waals surface area (Å²) in [5, 5.41) is 3.32. The number of ether oxygens (including phenoxy) is 1. The number of methoxy groups -OCH3 is 1. The van der Waals surface area contributed by atoms with Crippen LogP contribution in [0.1, 0.15) is 26.2 Å². The van der Waals surface area contributed by atoms with Gasteiger partial charge < -0.3 is 15.8 Å². The molecule has 3 N–H and O–H groups in total. The summed E-state index contributed by atoms with van der Waals surface area (Å²) in [4.78, 5) is 8.08. The first kappa shape index (κ1) is 12.0. The van der Waals surface area contributed by atoms with Crippen LogP contribution in [0.15, 0.2) is 6.33 Å². The molecule has 0 bridgehead atoms. The van der Waals surface area contributed by atoms with E-state index in [1.54, 1.807) is 7.11 Å². The van der Waals surface area contributed by atoms with Crippen molar-refractivity contribution in [1.29, 1.82) is 0 Å². The third-order valence-electron chi connectivity index (χ3n) is 3.61. The predicted molar refractivity (Wildman–Crippen MR) is 68.0 cm³/mol. The minimum absolute atomic E-state index is 0.379. The van der Waals surface area contributed by atoms with E-state index in [0.29, 0.717) is 17.4 Å². The van der Waals surface area contributed by atoms with Crippen LogP contribution in [0.5, 0.6) is 5.75 Å². The van der Waals surface area contributed by atoms with E-state index in [9.17, 15) is 0 Å². The van der Waals surface area contributed by atoms with Gasteiger partial charge >= 0.3 is 0 Å². The summed E-state index contributed by atoms with van der Waals surface area (Å²) in [5.41, 5.74) is 5.73. The second-order valence-electron chi connectivity index (χ2n) is 4.69. The third kappa shape index (κ3) is 2.60. The Morgan fingerprint density at radius 3 is 2.94 bits per heavy atom. The summed E-state index contributed by atoms with van der Waals surface area (Å²) >= 11 is 0. The van der Waals surface area contributed by atoms with Gasteiger partial charge in [-0.2, -0.15) is 0 Å². The van der Waals surface area contributed by atoms with Crippen LogP contribution < -0.4 is 15.8 Å². The smallest absolute Gasteiger partial charge is 0.203 e. The van der Waals surface area contributed by atoms with Crippen molar-refractivity contribution in [3.05, 3.63) is 6.33 Å². The lowest BCUT2D eigenvalue weighted by atomic mass is 9.98. The molecule has 1 saturated carbocycles. The third-order valence-corrected chi connectivity index (χ3v) is 3.61. The molecule has 0 spiro atoms. The first-order valence-corrected chi connectivity index (χ1v) is 6.10. The number of aromatic nitrogens is 2. The second-order valence-corrected chi connectivity index (χ2v) is 4.69. The molecule has 0 aliphatic heterocycles. The van der Waals surface area contributed by atoms with Crippen LogP contribution >= 0.6 is 0 Å². The number of nitrogen functional groups attached to an aromatic ring is 1. The van der Waals surface area contributed by atoms with Crippen LogP contribution in [0.3, 0.4) is 0 Å². The maximum absolute atomic E-state index is 5.73. The van der Waals surface area contributed by atoms with Crippen molar-refractivity contribution in [3.63, 3.8) is 0 Å². The molecule has 1 aromatic rings. The topological polar surface area (TPSA) is 73.1 Å². The number of anilines is 2. The van der Waals surface area contributed by atoms with E-state index >= 15 is 0 Å². The van der Waals surface area contributed by atoms with E-state index < -0.39 is 0 Å². The molecule has 2 atom stereocenters. The van der Waals surface area contributed by atoms with E-state index in [-0.39, 0.29) is 0 Å². The number of nitrogens with two attached hydrogens (primary N) is 1. The van der Waals surface area contributed by atoms with Crippen molar-refractivity contribution < 1.29 is 4.74 Å². The summed E-state index contributed by atoms with van der Waals surface area (Å²) in [7, 11) is 1.58. The molecule has 0 amide bonds. The van der Waals surface area contributed by atoms with Crippen molar-refractivity contribution in [1.82, 2.24) is 9.97 Å². The molecule has 94 valence electrons. The Balaban J connectivity index is 2.01. The molecule has 5 heteroatoms. The zero-order chi connectivity index (χ0) is 12.3. The van der Waals surface area contributed by atoms with Crippen LogP contribution in [0, 0.1) is 11.8 Å². The van der Waals surface area contributed by atoms with Gasteiger partial charge in [-0.15, -0.1) is 0 Å². The van der Waals surface area contributed by atoms with E-state index in [1.807, 2.05) is 0 Å². The van der Waals surface area contributed by atoms with Gasteiger partial charge in [-0.3, -0.25) is 0 Å². The number of nitrogens with one attached hydrogen (secondary N) is 1. The van der Waals surface area contributed by atoms with Crippen molar-refractivity contribution >= 4 is 11.6 Å². The van der Waals surface area contributed by atoms with Gasteiger partial charge in [0.05, 0.1) is 7.11 Å². The molecule has 0 radical (unpaired) electrons. The Hall–Kier alpha value is -1.52. The number of hydrogen-bond donors (Lipinski definition) is 2. The van der Waals surface area contributed by atoms with Gasteiger partial charge in [0.25, 0.3) is 0 Å². The second kappa shape index (κ2) is 5.21. The molecule has 2 rings (SSSR count). The van der Waals surface area contributed by atoms with E-state index in [0.717, 1.165) is 18.4 Å². The Bertz CT molecular complexity index is 383. The molecule has 1 fully saturated rings. The minimum Gasteiger partial charge on any atom is -0.490 e. The molecule has 1 aliphatic rings. The maximum Gasteiger partial charge on any atom is 0.203 e. The maximum atomic E-state index is 5.73. The van der Waals surface area contributed by atoms with Gasteiger partial charge in [0, 0.05) is 6.54 Å². The quantitative estimate of drug-likeness (QED) is 0.835. The van der Waals surface area contributed by atoms with Crippen LogP contribution in [-0.4, -0.2) is 23.6 Å². The lowest BCUT2D eigenvalue weighted by molar-refractivity contribution is 0.411. The summed E-state index contributed by atoms with van der Waals surface area (Å²) in [6.45, 7) is 3.24. The zero-order valence-electron chi connectivity index (χ0n) is 10.4. The Kier molecular flexibility index (Phi) is 3.66. The van der Waals surface area contributed by atoms with Crippen molar-refractivity contribution in [2.75, 3.05) is 24.7 Å². The highest BCUT2D eigenvalue weighted by atomic mass is 16.5. The first-order valence-electron chi connectivity index (χ1n) is 6.10. The predicted octanol–water partition coefficient (Wildman–Crippen LogP) is 1.92. The molecule has 2 unspecified atom stereocenters. The molecule has 1 aromatic heterocycles. The first-order chi connectivity index (χ1) is 8.22. The highest BCUT2D eigenvalue weighted by molar-refractivity contribution is 5.61. The highest BCUT2D eigenvalue weighted by Gasteiger charge is 2.23. The van der Waals surface area contributed by atoms with Crippen molar-refractivity contribution in [2.24, 2.45) is 11.8 Å². The minimum atomic E-state index is 0.379. The van der Waals surface area contributed by atoms with E-state index in [1.165, 1.54) is 25.6 Å². The summed E-state index contributed by atoms with van der Waals surface area (Å²) in [6.07, 6.45) is 5.40. The molecule has 0 saturated heterocycles. The van der Waals surface area contributed by atoms with Crippen LogP contribution in [0.25, 0.3) is 0 Å². The van der Waals surface area contributed by atoms with Crippen LogP contribution in [0.2, 0.25) is 0 Å². The molecule has 5 nitrogen and oxygen atoms in total. The summed E-state index contributed by atoms with van der Waals surface area (Å²) < 4.78 is 5.21. The van der Waals surface area contributed by atoms with Gasteiger partial charge in [-0.1, -0.05) is 19.8 Å². The van der Waals surface area contributed by atoms with Crippen molar-refractivity contribution in [3.8, 4) is 5.75 Å². The monoisotopic (exact) mass is 236 g/mol. The average molecular weight is 236 g/mol. The molecule has 1 aliphatic carbocycles. The highest BCUT2D eigenvalue weighted by Crippen LogP contribution is 2.32. The number of hydrogen-bond acceptors (Lipinski definition) is 5. The lowest BCUT2D eigenvalue weighted by Crippen LogP contribution is -2.17. The Morgan fingerprint density at radius 2 is 2.29 bits per heavy atom. The number of nitrogens with zero attached hydrogens (tertiary/aromatic N) is 2. The standard InChI is InChI=1S/C12H20N4O/c1-8-4-3-5-9(8)6-14-12-10(17-2)11(13)15-7-16-12/h7-9H,3-6H2,1-2H3,(H3,13,14,15,16). The van der Waals surface area contributed by atoms with E-state index in [2.05, 4.69) is 22.2 Å². The zero-order valence-corrected chi connectivity index (χ0v) is 10.4. The molecular formula is C12H20N4O. The molecule has 1 heterocycles. The Morgan fingerprint density at radius 1 is 1.47 bits per heavy atom. The van der Waals surface area contributed by atoms with Crippen LogP contribution in [-0.2, 0) is 0 Å². The van der Waals surface area contributed by atoms with Gasteiger partial charge in [-0.25, -0.2) is 9.97 Å². The fourth-order valence-corrected chi connectivity index (χ4v) is 2.47. The average Bonchev–Trinajstić information content (AvgIpc) is 2.72. The molecule has 17 heavy (non-hydrogen) atoms. The Labute approximate surface area is 102 Å². The fourth-order valence-electron chi connectivity index (χ4n) is 2.47. The van der Waals surface area contributed by atoms with E-state index in [4.69, 9.17) is 10.5 Å². The SMILES string of the molecule is COc1c(N)ncnc1NCC1CCCC1C. The lowest BCUT2D eigenvalue weighted by Gasteiger charge is -2.17. The normalized spacial score (nSPS) is 23.6. The fraction of sp³-hybridized carbons (Fsp3) is 0.667. The molecule has 0 aromatic carbocycles. The van der Waals surface area contributed by atoms with Crippen LogP contribution in [0.4, 0.5) is 11.6 Å². The van der Waals surface area contributed by atoms with Gasteiger partial charge in [0.2, 0.25) is 5.75 Å². The molecular weight excluding hydrogens is 216 g/mol. The summed E-state index contributed by atoms with van der Waals surface area (Å²) in [6, 6.07) is 0. The van der Waals surface area contributed by atoms with Crippen molar-refractivity contribution in [2.45, 2.75) is 26.2 Å².